The molecule has 1 aromatic rings. The van der Waals surface area contributed by atoms with E-state index in [0.29, 0.717) is 30.2 Å². The predicted molar refractivity (Wildman–Crippen MR) is 68.6 cm³/mol. The number of methoxy groups -OCH3 is 1. The number of sulfonamides is 1. The van der Waals surface area contributed by atoms with Crippen molar-refractivity contribution < 1.29 is 13.2 Å². The summed E-state index contributed by atoms with van der Waals surface area (Å²) in [6.45, 7) is 0.938. The minimum absolute atomic E-state index is 0.0306. The van der Waals surface area contributed by atoms with Crippen LogP contribution in [0.1, 0.15) is 12.0 Å². The second-order valence-corrected chi connectivity index (χ2v) is 5.87. The van der Waals surface area contributed by atoms with Gasteiger partial charge in [-0.25, -0.2) is 13.1 Å². The van der Waals surface area contributed by atoms with Gasteiger partial charge in [-0.2, -0.15) is 0 Å². The summed E-state index contributed by atoms with van der Waals surface area (Å²) >= 11 is 5.72. The molecule has 0 aliphatic heterocycles. The maximum absolute atomic E-state index is 11.7. The average Bonchev–Trinajstić information content (AvgIpc) is 2.27. The van der Waals surface area contributed by atoms with E-state index in [-0.39, 0.29) is 5.75 Å². The normalized spacial score (nSPS) is 11.6. The van der Waals surface area contributed by atoms with Gasteiger partial charge in [0.2, 0.25) is 10.0 Å². The lowest BCUT2D eigenvalue weighted by atomic mass is 10.2. The molecule has 0 aromatic heterocycles. The summed E-state index contributed by atoms with van der Waals surface area (Å²) in [4.78, 5) is 0. The van der Waals surface area contributed by atoms with Gasteiger partial charge in [0, 0.05) is 25.3 Å². The summed E-state index contributed by atoms with van der Waals surface area (Å²) in [5.41, 5.74) is 0.716. The van der Waals surface area contributed by atoms with E-state index >= 15 is 0 Å². The molecule has 1 aromatic carbocycles. The van der Waals surface area contributed by atoms with Crippen molar-refractivity contribution in [2.24, 2.45) is 0 Å². The van der Waals surface area contributed by atoms with E-state index in [0.717, 1.165) is 0 Å². The van der Waals surface area contributed by atoms with Crippen molar-refractivity contribution in [3.8, 4) is 0 Å². The Hall–Kier alpha value is -0.620. The fraction of sp³-hybridized carbons (Fsp3) is 0.455. The van der Waals surface area contributed by atoms with E-state index in [4.69, 9.17) is 16.3 Å². The third-order valence-electron chi connectivity index (χ3n) is 2.12. The molecule has 6 heteroatoms. The molecule has 0 aliphatic rings. The van der Waals surface area contributed by atoms with Crippen molar-refractivity contribution in [3.05, 3.63) is 34.9 Å². The second kappa shape index (κ2) is 6.96. The molecule has 0 radical (unpaired) electrons. The highest BCUT2D eigenvalue weighted by atomic mass is 35.5. The minimum Gasteiger partial charge on any atom is -0.385 e. The summed E-state index contributed by atoms with van der Waals surface area (Å²) in [6.07, 6.45) is 0.663. The topological polar surface area (TPSA) is 55.4 Å². The molecule has 1 N–H and O–H groups in total. The Morgan fingerprint density at radius 2 is 1.94 bits per heavy atom. The van der Waals surface area contributed by atoms with Gasteiger partial charge < -0.3 is 4.74 Å². The molecule has 0 bridgehead atoms. The highest BCUT2D eigenvalue weighted by Crippen LogP contribution is 2.11. The van der Waals surface area contributed by atoms with Gasteiger partial charge in [-0.1, -0.05) is 23.7 Å². The van der Waals surface area contributed by atoms with Gasteiger partial charge in [-0.3, -0.25) is 0 Å². The number of hydrogen-bond donors (Lipinski definition) is 1. The smallest absolute Gasteiger partial charge is 0.215 e. The zero-order valence-corrected chi connectivity index (χ0v) is 11.2. The van der Waals surface area contributed by atoms with Crippen LogP contribution in [-0.2, 0) is 20.5 Å². The Morgan fingerprint density at radius 1 is 1.29 bits per heavy atom. The lowest BCUT2D eigenvalue weighted by Crippen LogP contribution is -2.26. The number of ether oxygens (including phenoxy) is 1. The molecule has 0 fully saturated rings. The first kappa shape index (κ1) is 14.4. The molecule has 0 amide bonds. The first-order valence-corrected chi connectivity index (χ1v) is 7.27. The van der Waals surface area contributed by atoms with Crippen molar-refractivity contribution in [2.45, 2.75) is 12.2 Å². The molecule has 0 saturated carbocycles. The van der Waals surface area contributed by atoms with Crippen LogP contribution < -0.4 is 4.72 Å². The van der Waals surface area contributed by atoms with Crippen LogP contribution in [0.25, 0.3) is 0 Å². The molecule has 0 atom stereocenters. The van der Waals surface area contributed by atoms with E-state index < -0.39 is 10.0 Å². The van der Waals surface area contributed by atoms with Crippen LogP contribution in [0.4, 0.5) is 0 Å². The van der Waals surface area contributed by atoms with Gasteiger partial charge >= 0.3 is 0 Å². The summed E-state index contributed by atoms with van der Waals surface area (Å²) in [7, 11) is -1.69. The molecule has 0 spiro atoms. The maximum atomic E-state index is 11.7. The zero-order chi connectivity index (χ0) is 12.7. The fourth-order valence-corrected chi connectivity index (χ4v) is 2.61. The molecule has 0 aliphatic carbocycles. The van der Waals surface area contributed by atoms with E-state index in [1.807, 2.05) is 0 Å². The van der Waals surface area contributed by atoms with E-state index in [2.05, 4.69) is 4.72 Å². The van der Waals surface area contributed by atoms with Gasteiger partial charge in [0.1, 0.15) is 0 Å². The third-order valence-corrected chi connectivity index (χ3v) is 3.73. The largest absolute Gasteiger partial charge is 0.385 e. The molecule has 1 rings (SSSR count). The maximum Gasteiger partial charge on any atom is 0.215 e. The number of hydrogen-bond acceptors (Lipinski definition) is 3. The van der Waals surface area contributed by atoms with Crippen molar-refractivity contribution >= 4 is 21.6 Å². The van der Waals surface area contributed by atoms with Gasteiger partial charge in [-0.05, 0) is 24.1 Å². The molecule has 17 heavy (non-hydrogen) atoms. The molecule has 96 valence electrons. The minimum atomic E-state index is -3.28. The second-order valence-electron chi connectivity index (χ2n) is 3.63. The summed E-state index contributed by atoms with van der Waals surface area (Å²) in [5.74, 6) is -0.0306. The third kappa shape index (κ3) is 6.02. The molecular formula is C11H16ClNO3S. The van der Waals surface area contributed by atoms with Crippen LogP contribution in [0, 0.1) is 0 Å². The van der Waals surface area contributed by atoms with Crippen LogP contribution in [-0.4, -0.2) is 28.7 Å². The van der Waals surface area contributed by atoms with Crippen molar-refractivity contribution in [1.29, 1.82) is 0 Å². The Balaban J connectivity index is 2.46. The van der Waals surface area contributed by atoms with Crippen LogP contribution in [0.2, 0.25) is 5.02 Å². The molecule has 4 nitrogen and oxygen atoms in total. The molecule has 0 saturated heterocycles. The standard InChI is InChI=1S/C11H16ClNO3S/c1-16-8-2-7-13-17(14,15)9-10-3-5-11(12)6-4-10/h3-6,13H,2,7-9H2,1H3. The van der Waals surface area contributed by atoms with Gasteiger partial charge in [-0.15, -0.1) is 0 Å². The zero-order valence-electron chi connectivity index (χ0n) is 9.65. The van der Waals surface area contributed by atoms with E-state index in [9.17, 15) is 8.42 Å². The molecule has 0 heterocycles. The monoisotopic (exact) mass is 277 g/mol. The number of rotatable bonds is 7. The number of benzene rings is 1. The van der Waals surface area contributed by atoms with Crippen LogP contribution in [0.15, 0.2) is 24.3 Å². The Bertz CT molecular complexity index is 431. The Kier molecular flexibility index (Phi) is 5.91. The first-order chi connectivity index (χ1) is 8.03. The van der Waals surface area contributed by atoms with Crippen LogP contribution >= 0.6 is 11.6 Å². The Morgan fingerprint density at radius 3 is 2.53 bits per heavy atom. The SMILES string of the molecule is COCCCNS(=O)(=O)Cc1ccc(Cl)cc1. The lowest BCUT2D eigenvalue weighted by molar-refractivity contribution is 0.196. The highest BCUT2D eigenvalue weighted by Gasteiger charge is 2.10. The molecule has 0 unspecified atom stereocenters. The summed E-state index contributed by atoms with van der Waals surface area (Å²) in [6, 6.07) is 6.77. The molecular weight excluding hydrogens is 262 g/mol. The number of nitrogens with one attached hydrogen (secondary N) is 1. The van der Waals surface area contributed by atoms with Crippen LogP contribution in [0.5, 0.6) is 0 Å². The quantitative estimate of drug-likeness (QED) is 0.773. The average molecular weight is 278 g/mol. The van der Waals surface area contributed by atoms with Crippen molar-refractivity contribution in [3.63, 3.8) is 0 Å². The lowest BCUT2D eigenvalue weighted by Gasteiger charge is -2.06. The van der Waals surface area contributed by atoms with Gasteiger partial charge in [0.05, 0.1) is 5.75 Å². The Labute approximate surface area is 107 Å². The van der Waals surface area contributed by atoms with Gasteiger partial charge in [0.15, 0.2) is 0 Å². The summed E-state index contributed by atoms with van der Waals surface area (Å²) in [5, 5.41) is 0.596. The number of halogens is 1. The van der Waals surface area contributed by atoms with Crippen LogP contribution in [0.3, 0.4) is 0 Å². The highest BCUT2D eigenvalue weighted by molar-refractivity contribution is 7.88. The van der Waals surface area contributed by atoms with E-state index in [1.165, 1.54) is 0 Å². The first-order valence-electron chi connectivity index (χ1n) is 5.24. The van der Waals surface area contributed by atoms with Gasteiger partial charge in [0.25, 0.3) is 0 Å². The fourth-order valence-electron chi connectivity index (χ4n) is 1.30. The predicted octanol–water partition coefficient (Wildman–Crippen LogP) is 1.80. The van der Waals surface area contributed by atoms with Crippen molar-refractivity contribution in [1.82, 2.24) is 4.72 Å². The van der Waals surface area contributed by atoms with Crippen molar-refractivity contribution in [2.75, 3.05) is 20.3 Å². The van der Waals surface area contributed by atoms with E-state index in [1.54, 1.807) is 31.4 Å². The summed E-state index contributed by atoms with van der Waals surface area (Å²) < 4.78 is 30.7.